The fourth-order valence-corrected chi connectivity index (χ4v) is 3.87. The van der Waals surface area contributed by atoms with Gasteiger partial charge in [0.05, 0.1) is 12.5 Å². The number of nitrogens with one attached hydrogen (secondary N) is 2. The summed E-state index contributed by atoms with van der Waals surface area (Å²) in [5, 5.41) is 15.1. The maximum absolute atomic E-state index is 12.9. The van der Waals surface area contributed by atoms with Gasteiger partial charge in [-0.2, -0.15) is 0 Å². The Morgan fingerprint density at radius 1 is 1.29 bits per heavy atom. The van der Waals surface area contributed by atoms with Gasteiger partial charge in [-0.1, -0.05) is 32.3 Å². The molecule has 0 aromatic heterocycles. The number of carbonyl (C=O) groups excluding carboxylic acids is 2. The summed E-state index contributed by atoms with van der Waals surface area (Å²) in [4.78, 5) is 39.2. The molecule has 1 aliphatic rings. The van der Waals surface area contributed by atoms with Crippen LogP contribution < -0.4 is 15.5 Å². The van der Waals surface area contributed by atoms with Crippen LogP contribution in [-0.4, -0.2) is 62.3 Å². The van der Waals surface area contributed by atoms with E-state index < -0.39 is 17.9 Å². The van der Waals surface area contributed by atoms with E-state index in [2.05, 4.69) is 10.6 Å². The molecule has 0 unspecified atom stereocenters. The normalized spacial score (nSPS) is 18.9. The van der Waals surface area contributed by atoms with Gasteiger partial charge in [-0.3, -0.25) is 14.4 Å². The van der Waals surface area contributed by atoms with Gasteiger partial charge in [0.1, 0.15) is 6.04 Å². The van der Waals surface area contributed by atoms with E-state index in [0.29, 0.717) is 38.0 Å². The highest BCUT2D eigenvalue weighted by molar-refractivity contribution is 5.98. The van der Waals surface area contributed by atoms with Gasteiger partial charge in [0.15, 0.2) is 0 Å². The standard InChI is InChI=1S/C23H35N3O5/c1-4-5-11-20(22(28)24-19-12-7-10-18(19)23(29)30)25-21(27)16-8-6-9-17(15-16)26(2)13-14-31-3/h6,8-9,15,18-20H,4-5,7,10-14H2,1-3H3,(H,24,28)(H,25,27)(H,29,30)/t18-,19+,20+/m1/s1. The van der Waals surface area contributed by atoms with Crippen LogP contribution in [0, 0.1) is 5.92 Å². The molecule has 8 heteroatoms. The lowest BCUT2D eigenvalue weighted by Gasteiger charge is -2.23. The Kier molecular flexibility index (Phi) is 9.78. The number of likely N-dealkylation sites (N-methyl/N-ethyl adjacent to an activating group) is 1. The summed E-state index contributed by atoms with van der Waals surface area (Å²) >= 11 is 0. The lowest BCUT2D eigenvalue weighted by molar-refractivity contribution is -0.142. The molecule has 1 saturated carbocycles. The van der Waals surface area contributed by atoms with Crippen molar-refractivity contribution in [2.24, 2.45) is 5.92 Å². The van der Waals surface area contributed by atoms with Crippen LogP contribution >= 0.6 is 0 Å². The van der Waals surface area contributed by atoms with Crippen molar-refractivity contribution >= 4 is 23.5 Å². The Bertz CT molecular complexity index is 754. The number of amides is 2. The molecule has 8 nitrogen and oxygen atoms in total. The molecular weight excluding hydrogens is 398 g/mol. The van der Waals surface area contributed by atoms with Gasteiger partial charge in [0.2, 0.25) is 5.91 Å². The van der Waals surface area contributed by atoms with E-state index in [-0.39, 0.29) is 17.9 Å². The van der Waals surface area contributed by atoms with Crippen LogP contribution in [0.25, 0.3) is 0 Å². The number of hydrogen-bond donors (Lipinski definition) is 3. The highest BCUT2D eigenvalue weighted by Crippen LogP contribution is 2.26. The SMILES string of the molecule is CCCC[C@H](NC(=O)c1cccc(N(C)CCOC)c1)C(=O)N[C@H]1CCC[C@H]1C(=O)O. The van der Waals surface area contributed by atoms with E-state index >= 15 is 0 Å². The van der Waals surface area contributed by atoms with Gasteiger partial charge in [-0.05, 0) is 37.5 Å². The summed E-state index contributed by atoms with van der Waals surface area (Å²) in [6, 6.07) is 6.15. The van der Waals surface area contributed by atoms with Crippen LogP contribution in [0.15, 0.2) is 24.3 Å². The number of unbranched alkanes of at least 4 members (excludes halogenated alkanes) is 1. The van der Waals surface area contributed by atoms with Crippen molar-refractivity contribution < 1.29 is 24.2 Å². The monoisotopic (exact) mass is 433 g/mol. The minimum atomic E-state index is -0.883. The highest BCUT2D eigenvalue weighted by Gasteiger charge is 2.35. The summed E-state index contributed by atoms with van der Waals surface area (Å²) in [6.07, 6.45) is 4.16. The van der Waals surface area contributed by atoms with E-state index in [1.807, 2.05) is 31.0 Å². The lowest BCUT2D eigenvalue weighted by Crippen LogP contribution is -2.51. The first-order chi connectivity index (χ1) is 14.9. The number of ether oxygens (including phenoxy) is 1. The summed E-state index contributed by atoms with van der Waals surface area (Å²) in [5.41, 5.74) is 1.36. The quantitative estimate of drug-likeness (QED) is 0.467. The Morgan fingerprint density at radius 3 is 2.74 bits per heavy atom. The van der Waals surface area contributed by atoms with Gasteiger partial charge in [-0.15, -0.1) is 0 Å². The summed E-state index contributed by atoms with van der Waals surface area (Å²) in [7, 11) is 3.57. The molecule has 3 N–H and O–H groups in total. The number of carboxylic acid groups (broad SMARTS) is 1. The maximum atomic E-state index is 12.9. The molecule has 1 aromatic carbocycles. The molecule has 0 bridgehead atoms. The molecule has 1 fully saturated rings. The largest absolute Gasteiger partial charge is 0.481 e. The van der Waals surface area contributed by atoms with Crippen LogP contribution in [0.4, 0.5) is 5.69 Å². The van der Waals surface area contributed by atoms with Gasteiger partial charge in [0, 0.05) is 38.0 Å². The first-order valence-corrected chi connectivity index (χ1v) is 11.0. The molecule has 0 spiro atoms. The number of aliphatic carboxylic acids is 1. The third kappa shape index (κ3) is 7.24. The van der Waals surface area contributed by atoms with Gasteiger partial charge in [0.25, 0.3) is 5.91 Å². The average molecular weight is 434 g/mol. The third-order valence-corrected chi connectivity index (χ3v) is 5.81. The zero-order valence-electron chi connectivity index (χ0n) is 18.7. The Balaban J connectivity index is 2.06. The molecule has 3 atom stereocenters. The molecule has 0 heterocycles. The molecule has 0 saturated heterocycles. The molecular formula is C23H35N3O5. The second-order valence-corrected chi connectivity index (χ2v) is 8.12. The second-order valence-electron chi connectivity index (χ2n) is 8.12. The zero-order valence-corrected chi connectivity index (χ0v) is 18.7. The maximum Gasteiger partial charge on any atom is 0.308 e. The van der Waals surface area contributed by atoms with Crippen molar-refractivity contribution in [3.63, 3.8) is 0 Å². The molecule has 1 aliphatic carbocycles. The van der Waals surface area contributed by atoms with E-state index in [9.17, 15) is 19.5 Å². The molecule has 31 heavy (non-hydrogen) atoms. The number of carbonyl (C=O) groups is 3. The predicted octanol–water partition coefficient (Wildman–Crippen LogP) is 2.43. The third-order valence-electron chi connectivity index (χ3n) is 5.81. The zero-order chi connectivity index (χ0) is 22.8. The van der Waals surface area contributed by atoms with Crippen molar-refractivity contribution in [2.45, 2.75) is 57.5 Å². The lowest BCUT2D eigenvalue weighted by atomic mass is 10.0. The predicted molar refractivity (Wildman–Crippen MR) is 119 cm³/mol. The molecule has 0 aliphatic heterocycles. The van der Waals surface area contributed by atoms with Gasteiger partial charge in [-0.25, -0.2) is 0 Å². The van der Waals surface area contributed by atoms with Gasteiger partial charge < -0.3 is 25.4 Å². The topological polar surface area (TPSA) is 108 Å². The highest BCUT2D eigenvalue weighted by atomic mass is 16.5. The van der Waals surface area contributed by atoms with E-state index in [1.165, 1.54) is 0 Å². The van der Waals surface area contributed by atoms with Crippen molar-refractivity contribution in [3.05, 3.63) is 29.8 Å². The van der Waals surface area contributed by atoms with Crippen molar-refractivity contribution in [3.8, 4) is 0 Å². The molecule has 172 valence electrons. The first-order valence-electron chi connectivity index (χ1n) is 11.0. The average Bonchev–Trinajstić information content (AvgIpc) is 3.23. The Morgan fingerprint density at radius 2 is 2.06 bits per heavy atom. The number of benzene rings is 1. The van der Waals surface area contributed by atoms with Crippen molar-refractivity contribution in [2.75, 3.05) is 32.2 Å². The first kappa shape index (κ1) is 24.7. The van der Waals surface area contributed by atoms with E-state index in [0.717, 1.165) is 24.9 Å². The minimum Gasteiger partial charge on any atom is -0.481 e. The van der Waals surface area contributed by atoms with Crippen molar-refractivity contribution in [1.29, 1.82) is 0 Å². The minimum absolute atomic E-state index is 0.312. The smallest absolute Gasteiger partial charge is 0.308 e. The van der Waals surface area contributed by atoms with Crippen LogP contribution in [-0.2, 0) is 14.3 Å². The molecule has 2 rings (SSSR count). The van der Waals surface area contributed by atoms with Crippen LogP contribution in [0.3, 0.4) is 0 Å². The number of rotatable bonds is 12. The number of nitrogens with zero attached hydrogens (tertiary/aromatic N) is 1. The Labute approximate surface area is 184 Å². The van der Waals surface area contributed by atoms with Crippen LogP contribution in [0.2, 0.25) is 0 Å². The Hall–Kier alpha value is -2.61. The summed E-state index contributed by atoms with van der Waals surface area (Å²) in [5.74, 6) is -2.08. The number of carboxylic acids is 1. The van der Waals surface area contributed by atoms with E-state index in [1.54, 1.807) is 19.2 Å². The van der Waals surface area contributed by atoms with E-state index in [4.69, 9.17) is 4.74 Å². The number of anilines is 1. The molecule has 1 aromatic rings. The molecule has 0 radical (unpaired) electrons. The number of hydrogen-bond acceptors (Lipinski definition) is 5. The summed E-state index contributed by atoms with van der Waals surface area (Å²) < 4.78 is 5.10. The van der Waals surface area contributed by atoms with Crippen molar-refractivity contribution in [1.82, 2.24) is 10.6 Å². The van der Waals surface area contributed by atoms with Crippen LogP contribution in [0.5, 0.6) is 0 Å². The van der Waals surface area contributed by atoms with Crippen LogP contribution in [0.1, 0.15) is 55.8 Å². The fourth-order valence-electron chi connectivity index (χ4n) is 3.87. The number of methoxy groups -OCH3 is 1. The summed E-state index contributed by atoms with van der Waals surface area (Å²) in [6.45, 7) is 3.29. The van der Waals surface area contributed by atoms with Gasteiger partial charge >= 0.3 is 5.97 Å². The molecule has 2 amide bonds. The second kappa shape index (κ2) is 12.3. The fraction of sp³-hybridized carbons (Fsp3) is 0.609.